The van der Waals surface area contributed by atoms with Crippen LogP contribution in [0.4, 0.5) is 5.69 Å². The van der Waals surface area contributed by atoms with Crippen LogP contribution in [0.3, 0.4) is 0 Å². The highest BCUT2D eigenvalue weighted by Gasteiger charge is 2.34. The summed E-state index contributed by atoms with van der Waals surface area (Å²) in [6.45, 7) is 8.21. The van der Waals surface area contributed by atoms with Crippen molar-refractivity contribution in [3.63, 3.8) is 0 Å². The van der Waals surface area contributed by atoms with E-state index in [1.807, 2.05) is 0 Å². The highest BCUT2D eigenvalue weighted by Crippen LogP contribution is 2.31. The number of anilines is 1. The number of piperazine rings is 1. The molecule has 2 aliphatic heterocycles. The lowest BCUT2D eigenvalue weighted by Gasteiger charge is -2.44. The number of benzene rings is 1. The molecule has 0 aliphatic carbocycles. The van der Waals surface area contributed by atoms with Gasteiger partial charge >= 0.3 is 0 Å². The van der Waals surface area contributed by atoms with Gasteiger partial charge in [-0.05, 0) is 57.0 Å². The molecule has 0 amide bonds. The summed E-state index contributed by atoms with van der Waals surface area (Å²) in [5.74, 6) is 0.952. The molecule has 19 heavy (non-hydrogen) atoms. The lowest BCUT2D eigenvalue weighted by Crippen LogP contribution is -2.55. The van der Waals surface area contributed by atoms with E-state index < -0.39 is 0 Å². The molecule has 2 unspecified atom stereocenters. The zero-order valence-electron chi connectivity index (χ0n) is 12.2. The van der Waals surface area contributed by atoms with Crippen molar-refractivity contribution in [1.82, 2.24) is 4.90 Å². The lowest BCUT2D eigenvalue weighted by molar-refractivity contribution is 0.203. The first-order valence-electron chi connectivity index (χ1n) is 7.34. The summed E-state index contributed by atoms with van der Waals surface area (Å²) < 4.78 is 5.31. The maximum atomic E-state index is 5.31. The molecule has 3 rings (SSSR count). The van der Waals surface area contributed by atoms with Crippen LogP contribution in [0.25, 0.3) is 0 Å². The summed E-state index contributed by atoms with van der Waals surface area (Å²) in [4.78, 5) is 5.25. The Morgan fingerprint density at radius 1 is 1.26 bits per heavy atom. The fourth-order valence-corrected chi connectivity index (χ4v) is 3.60. The van der Waals surface area contributed by atoms with Crippen molar-refractivity contribution < 1.29 is 4.74 Å². The Bertz CT molecular complexity index is 460. The van der Waals surface area contributed by atoms with Crippen LogP contribution < -0.4 is 9.64 Å². The van der Waals surface area contributed by atoms with Crippen molar-refractivity contribution >= 4 is 5.69 Å². The third kappa shape index (κ3) is 2.32. The molecule has 3 nitrogen and oxygen atoms in total. The van der Waals surface area contributed by atoms with Gasteiger partial charge in [0.2, 0.25) is 0 Å². The molecule has 1 aromatic rings. The molecular formula is C16H24N2O. The number of rotatable bonds is 2. The van der Waals surface area contributed by atoms with E-state index in [-0.39, 0.29) is 0 Å². The van der Waals surface area contributed by atoms with Crippen molar-refractivity contribution in [3.05, 3.63) is 23.8 Å². The Hall–Kier alpha value is -1.22. The maximum absolute atomic E-state index is 5.31. The fourth-order valence-electron chi connectivity index (χ4n) is 3.60. The Labute approximate surface area is 116 Å². The number of aryl methyl sites for hydroxylation is 1. The average molecular weight is 260 g/mol. The quantitative estimate of drug-likeness (QED) is 0.813. The molecule has 0 bridgehead atoms. The van der Waals surface area contributed by atoms with E-state index in [1.165, 1.54) is 43.7 Å². The average Bonchev–Trinajstić information content (AvgIpc) is 2.85. The van der Waals surface area contributed by atoms with Gasteiger partial charge in [0.15, 0.2) is 0 Å². The third-order valence-electron chi connectivity index (χ3n) is 4.65. The number of fused-ring (bicyclic) bond motifs is 1. The standard InChI is InChI=1S/C16H24N2O/c1-12-9-15(19-3)6-7-16(12)18-11-14-5-4-8-17(14)10-13(18)2/h6-7,9,13-14H,4-5,8,10-11H2,1-3H3. The van der Waals surface area contributed by atoms with Crippen LogP contribution in [-0.4, -0.2) is 43.7 Å². The molecule has 2 atom stereocenters. The Balaban J connectivity index is 1.84. The monoisotopic (exact) mass is 260 g/mol. The van der Waals surface area contributed by atoms with Crippen LogP contribution >= 0.6 is 0 Å². The second kappa shape index (κ2) is 5.04. The second-order valence-electron chi connectivity index (χ2n) is 5.94. The molecule has 2 fully saturated rings. The molecular weight excluding hydrogens is 236 g/mol. The predicted molar refractivity (Wildman–Crippen MR) is 79.1 cm³/mol. The number of hydrogen-bond donors (Lipinski definition) is 0. The van der Waals surface area contributed by atoms with Crippen LogP contribution in [0.2, 0.25) is 0 Å². The Kier molecular flexibility index (Phi) is 3.40. The van der Waals surface area contributed by atoms with Crippen molar-refractivity contribution in [2.24, 2.45) is 0 Å². The zero-order chi connectivity index (χ0) is 13.4. The smallest absolute Gasteiger partial charge is 0.119 e. The summed E-state index contributed by atoms with van der Waals surface area (Å²) in [7, 11) is 1.73. The first-order chi connectivity index (χ1) is 9.19. The van der Waals surface area contributed by atoms with Crippen molar-refractivity contribution in [2.75, 3.05) is 31.6 Å². The third-order valence-corrected chi connectivity index (χ3v) is 4.65. The molecule has 0 spiro atoms. The lowest BCUT2D eigenvalue weighted by atomic mass is 10.0. The van der Waals surface area contributed by atoms with Crippen molar-refractivity contribution in [3.8, 4) is 5.75 Å². The van der Waals surface area contributed by atoms with Gasteiger partial charge < -0.3 is 9.64 Å². The molecule has 0 saturated carbocycles. The number of ether oxygens (including phenoxy) is 1. The van der Waals surface area contributed by atoms with Crippen LogP contribution in [0.1, 0.15) is 25.3 Å². The Morgan fingerprint density at radius 2 is 2.11 bits per heavy atom. The van der Waals surface area contributed by atoms with E-state index in [0.29, 0.717) is 6.04 Å². The van der Waals surface area contributed by atoms with Crippen LogP contribution in [0, 0.1) is 6.92 Å². The minimum atomic E-state index is 0.599. The van der Waals surface area contributed by atoms with Crippen molar-refractivity contribution in [1.29, 1.82) is 0 Å². The van der Waals surface area contributed by atoms with Gasteiger partial charge in [0.05, 0.1) is 7.11 Å². The van der Waals surface area contributed by atoms with Gasteiger partial charge in [0.1, 0.15) is 5.75 Å². The van der Waals surface area contributed by atoms with Gasteiger partial charge in [-0.2, -0.15) is 0 Å². The SMILES string of the molecule is COc1ccc(N2CC3CCCN3CC2C)c(C)c1. The van der Waals surface area contributed by atoms with Crippen LogP contribution in [-0.2, 0) is 0 Å². The zero-order valence-corrected chi connectivity index (χ0v) is 12.2. The van der Waals surface area contributed by atoms with Crippen LogP contribution in [0.5, 0.6) is 5.75 Å². The minimum Gasteiger partial charge on any atom is -0.497 e. The summed E-state index contributed by atoms with van der Waals surface area (Å²) in [5.41, 5.74) is 2.69. The number of nitrogens with zero attached hydrogens (tertiary/aromatic N) is 2. The number of hydrogen-bond acceptors (Lipinski definition) is 3. The minimum absolute atomic E-state index is 0.599. The topological polar surface area (TPSA) is 15.7 Å². The van der Waals surface area contributed by atoms with Gasteiger partial charge in [0, 0.05) is 30.9 Å². The van der Waals surface area contributed by atoms with Gasteiger partial charge in [0.25, 0.3) is 0 Å². The number of methoxy groups -OCH3 is 1. The van der Waals surface area contributed by atoms with Gasteiger partial charge in [-0.1, -0.05) is 0 Å². The fraction of sp³-hybridized carbons (Fsp3) is 0.625. The van der Waals surface area contributed by atoms with Crippen molar-refractivity contribution in [2.45, 2.75) is 38.8 Å². The van der Waals surface area contributed by atoms with E-state index in [0.717, 1.165) is 11.8 Å². The first-order valence-corrected chi connectivity index (χ1v) is 7.34. The molecule has 0 N–H and O–H groups in total. The molecule has 104 valence electrons. The molecule has 2 saturated heterocycles. The van der Waals surface area contributed by atoms with E-state index in [1.54, 1.807) is 7.11 Å². The van der Waals surface area contributed by atoms with E-state index in [9.17, 15) is 0 Å². The van der Waals surface area contributed by atoms with E-state index >= 15 is 0 Å². The predicted octanol–water partition coefficient (Wildman–Crippen LogP) is 2.68. The summed E-state index contributed by atoms with van der Waals surface area (Å²) in [6, 6.07) is 7.80. The van der Waals surface area contributed by atoms with E-state index in [2.05, 4.69) is 41.8 Å². The molecule has 3 heteroatoms. The van der Waals surface area contributed by atoms with Crippen LogP contribution in [0.15, 0.2) is 18.2 Å². The highest BCUT2D eigenvalue weighted by molar-refractivity contribution is 5.57. The first kappa shape index (κ1) is 12.8. The molecule has 2 heterocycles. The summed E-state index contributed by atoms with van der Waals surface area (Å²) in [5, 5.41) is 0. The van der Waals surface area contributed by atoms with Gasteiger partial charge in [-0.25, -0.2) is 0 Å². The molecule has 1 aromatic carbocycles. The molecule has 0 radical (unpaired) electrons. The van der Waals surface area contributed by atoms with Gasteiger partial charge in [-0.3, -0.25) is 4.90 Å². The van der Waals surface area contributed by atoms with E-state index in [4.69, 9.17) is 4.74 Å². The largest absolute Gasteiger partial charge is 0.497 e. The normalized spacial score (nSPS) is 27.4. The highest BCUT2D eigenvalue weighted by atomic mass is 16.5. The second-order valence-corrected chi connectivity index (χ2v) is 5.94. The maximum Gasteiger partial charge on any atom is 0.119 e. The Morgan fingerprint density at radius 3 is 2.84 bits per heavy atom. The molecule has 2 aliphatic rings. The summed E-state index contributed by atoms with van der Waals surface area (Å²) in [6.07, 6.45) is 2.73. The molecule has 0 aromatic heterocycles. The van der Waals surface area contributed by atoms with Gasteiger partial charge in [-0.15, -0.1) is 0 Å². The summed E-state index contributed by atoms with van der Waals surface area (Å²) >= 11 is 0.